The van der Waals surface area contributed by atoms with E-state index in [0.717, 1.165) is 16.8 Å². The molecule has 2 heterocycles. The normalized spacial score (nSPS) is 10.7. The highest BCUT2D eigenvalue weighted by Gasteiger charge is 2.07. The number of amides is 1. The molecule has 0 radical (unpaired) electrons. The van der Waals surface area contributed by atoms with Gasteiger partial charge < -0.3 is 10.3 Å². The molecule has 1 amide bonds. The number of benzene rings is 1. The van der Waals surface area contributed by atoms with E-state index in [2.05, 4.69) is 20.4 Å². The molecular weight excluding hydrogens is 330 g/mol. The number of carbonyl (C=O) groups excluding carboxylic acids is 1. The quantitative estimate of drug-likeness (QED) is 0.714. The number of aromatic nitrogens is 4. The van der Waals surface area contributed by atoms with Crippen molar-refractivity contribution in [3.05, 3.63) is 64.3 Å². The average Bonchev–Trinajstić information content (AvgIpc) is 3.05. The second-order valence-electron chi connectivity index (χ2n) is 6.10. The molecule has 0 aliphatic heterocycles. The Balaban J connectivity index is 1.70. The molecule has 0 saturated carbocycles. The Bertz CT molecular complexity index is 974. The fourth-order valence-electron chi connectivity index (χ4n) is 2.60. The lowest BCUT2D eigenvalue weighted by Gasteiger charge is -2.08. The number of carbonyl (C=O) groups is 1. The zero-order chi connectivity index (χ0) is 18.5. The van der Waals surface area contributed by atoms with E-state index in [1.165, 1.54) is 6.07 Å². The molecule has 0 bridgehead atoms. The van der Waals surface area contributed by atoms with E-state index < -0.39 is 0 Å². The molecule has 2 aromatic heterocycles. The van der Waals surface area contributed by atoms with Crippen LogP contribution in [0.5, 0.6) is 0 Å². The first-order valence-electron chi connectivity index (χ1n) is 8.53. The monoisotopic (exact) mass is 351 g/mol. The van der Waals surface area contributed by atoms with Gasteiger partial charge >= 0.3 is 0 Å². The number of nitrogens with zero attached hydrogens (tertiary/aromatic N) is 3. The molecule has 0 aliphatic rings. The van der Waals surface area contributed by atoms with Gasteiger partial charge in [-0.05, 0) is 31.0 Å². The predicted molar refractivity (Wildman–Crippen MR) is 99.9 cm³/mol. The highest BCUT2D eigenvalue weighted by Crippen LogP contribution is 2.19. The van der Waals surface area contributed by atoms with Crippen molar-refractivity contribution in [2.75, 3.05) is 5.32 Å². The lowest BCUT2D eigenvalue weighted by molar-refractivity contribution is -0.116. The number of H-pyrrole nitrogens is 1. The van der Waals surface area contributed by atoms with Crippen molar-refractivity contribution in [1.82, 2.24) is 19.7 Å². The largest absolute Gasteiger partial charge is 0.326 e. The molecule has 0 spiro atoms. The van der Waals surface area contributed by atoms with E-state index in [4.69, 9.17) is 0 Å². The van der Waals surface area contributed by atoms with Crippen LogP contribution in [-0.4, -0.2) is 25.7 Å². The summed E-state index contributed by atoms with van der Waals surface area (Å²) in [5.74, 6) is 0.400. The van der Waals surface area contributed by atoms with E-state index in [1.807, 2.05) is 32.2 Å². The van der Waals surface area contributed by atoms with Gasteiger partial charge in [0.15, 0.2) is 0 Å². The lowest BCUT2D eigenvalue weighted by atomic mass is 10.1. The van der Waals surface area contributed by atoms with Crippen LogP contribution in [0, 0.1) is 6.92 Å². The standard InChI is InChI=1S/C19H21N5O2/c1-3-15-10-18(26)23-19(22-15)14-5-4-6-16(9-14)21-17(25)7-8-24-12-13(2)11-20-24/h4-6,9-12H,3,7-8H2,1-2H3,(H,21,25)(H,22,23,26). The minimum atomic E-state index is -0.184. The third-order valence-corrected chi connectivity index (χ3v) is 3.91. The summed E-state index contributed by atoms with van der Waals surface area (Å²) >= 11 is 0. The first-order valence-corrected chi connectivity index (χ1v) is 8.53. The maximum Gasteiger partial charge on any atom is 0.251 e. The predicted octanol–water partition coefficient (Wildman–Crippen LogP) is 2.53. The van der Waals surface area contributed by atoms with Crippen molar-refractivity contribution in [1.29, 1.82) is 0 Å². The molecule has 7 heteroatoms. The Morgan fingerprint density at radius 3 is 2.88 bits per heavy atom. The van der Waals surface area contributed by atoms with E-state index in [0.29, 0.717) is 30.9 Å². The SMILES string of the molecule is CCc1cc(=O)[nH]c(-c2cccc(NC(=O)CCn3cc(C)cn3)c2)n1. The topological polar surface area (TPSA) is 92.7 Å². The van der Waals surface area contributed by atoms with E-state index in [1.54, 1.807) is 23.0 Å². The van der Waals surface area contributed by atoms with Crippen LogP contribution in [0.2, 0.25) is 0 Å². The summed E-state index contributed by atoms with van der Waals surface area (Å²) in [5.41, 5.74) is 3.02. The fraction of sp³-hybridized carbons (Fsp3) is 0.263. The highest BCUT2D eigenvalue weighted by atomic mass is 16.1. The van der Waals surface area contributed by atoms with Gasteiger partial charge in [0.2, 0.25) is 5.91 Å². The summed E-state index contributed by atoms with van der Waals surface area (Å²) in [6, 6.07) is 8.77. The van der Waals surface area contributed by atoms with Gasteiger partial charge in [-0.3, -0.25) is 14.3 Å². The van der Waals surface area contributed by atoms with Gasteiger partial charge in [0.1, 0.15) is 5.82 Å². The van der Waals surface area contributed by atoms with Crippen LogP contribution in [0.15, 0.2) is 47.5 Å². The van der Waals surface area contributed by atoms with Crippen LogP contribution in [0.1, 0.15) is 24.6 Å². The van der Waals surface area contributed by atoms with Crippen molar-refractivity contribution >= 4 is 11.6 Å². The van der Waals surface area contributed by atoms with Crippen LogP contribution in [0.4, 0.5) is 5.69 Å². The minimum Gasteiger partial charge on any atom is -0.326 e. The summed E-state index contributed by atoms with van der Waals surface area (Å²) in [7, 11) is 0. The molecule has 134 valence electrons. The number of rotatable bonds is 6. The second kappa shape index (κ2) is 7.77. The van der Waals surface area contributed by atoms with E-state index in [9.17, 15) is 9.59 Å². The molecule has 0 aliphatic carbocycles. The second-order valence-corrected chi connectivity index (χ2v) is 6.10. The summed E-state index contributed by atoms with van der Waals surface area (Å²) < 4.78 is 1.75. The van der Waals surface area contributed by atoms with Crippen molar-refractivity contribution in [2.45, 2.75) is 33.2 Å². The van der Waals surface area contributed by atoms with Crippen LogP contribution in [0.3, 0.4) is 0 Å². The fourth-order valence-corrected chi connectivity index (χ4v) is 2.60. The van der Waals surface area contributed by atoms with Gasteiger partial charge in [0.25, 0.3) is 5.56 Å². The Hall–Kier alpha value is -3.22. The Morgan fingerprint density at radius 2 is 2.15 bits per heavy atom. The van der Waals surface area contributed by atoms with Crippen molar-refractivity contribution < 1.29 is 4.79 Å². The zero-order valence-electron chi connectivity index (χ0n) is 14.8. The van der Waals surface area contributed by atoms with Crippen LogP contribution >= 0.6 is 0 Å². The van der Waals surface area contributed by atoms with Crippen molar-refractivity contribution in [2.24, 2.45) is 0 Å². The molecule has 3 rings (SSSR count). The van der Waals surface area contributed by atoms with Gasteiger partial charge in [0, 0.05) is 42.2 Å². The minimum absolute atomic E-state index is 0.0981. The smallest absolute Gasteiger partial charge is 0.251 e. The first kappa shape index (κ1) is 17.6. The first-order chi connectivity index (χ1) is 12.5. The molecule has 3 aromatic rings. The molecule has 1 aromatic carbocycles. The number of hydrogen-bond acceptors (Lipinski definition) is 4. The van der Waals surface area contributed by atoms with Crippen molar-refractivity contribution in [3.8, 4) is 11.4 Å². The Labute approximate surface area is 151 Å². The van der Waals surface area contributed by atoms with E-state index in [-0.39, 0.29) is 11.5 Å². The third-order valence-electron chi connectivity index (χ3n) is 3.91. The molecule has 0 saturated heterocycles. The Morgan fingerprint density at radius 1 is 1.31 bits per heavy atom. The van der Waals surface area contributed by atoms with Crippen LogP contribution < -0.4 is 10.9 Å². The lowest BCUT2D eigenvalue weighted by Crippen LogP contribution is -2.15. The van der Waals surface area contributed by atoms with Crippen LogP contribution in [-0.2, 0) is 17.8 Å². The number of aromatic amines is 1. The summed E-state index contributed by atoms with van der Waals surface area (Å²) in [5, 5.41) is 7.04. The number of aryl methyl sites for hydroxylation is 3. The van der Waals surface area contributed by atoms with Crippen molar-refractivity contribution in [3.63, 3.8) is 0 Å². The molecule has 0 atom stereocenters. The molecule has 2 N–H and O–H groups in total. The average molecular weight is 351 g/mol. The van der Waals surface area contributed by atoms with Crippen LogP contribution in [0.25, 0.3) is 11.4 Å². The summed E-state index contributed by atoms with van der Waals surface area (Å²) in [4.78, 5) is 31.1. The van der Waals surface area contributed by atoms with E-state index >= 15 is 0 Å². The molecular formula is C19H21N5O2. The molecule has 7 nitrogen and oxygen atoms in total. The highest BCUT2D eigenvalue weighted by molar-refractivity contribution is 5.91. The molecule has 0 fully saturated rings. The van der Waals surface area contributed by atoms with Gasteiger partial charge in [-0.25, -0.2) is 4.98 Å². The third kappa shape index (κ3) is 4.44. The summed E-state index contributed by atoms with van der Waals surface area (Å²) in [6.45, 7) is 4.43. The maximum atomic E-state index is 12.2. The maximum absolute atomic E-state index is 12.2. The van der Waals surface area contributed by atoms with Gasteiger partial charge in [-0.2, -0.15) is 5.10 Å². The molecule has 0 unspecified atom stereocenters. The molecule has 26 heavy (non-hydrogen) atoms. The summed E-state index contributed by atoms with van der Waals surface area (Å²) in [6.07, 6.45) is 4.67. The Kier molecular flexibility index (Phi) is 5.26. The van der Waals surface area contributed by atoms with Gasteiger partial charge in [0.05, 0.1) is 6.20 Å². The van der Waals surface area contributed by atoms with Gasteiger partial charge in [-0.1, -0.05) is 19.1 Å². The number of anilines is 1. The number of nitrogens with one attached hydrogen (secondary N) is 2. The zero-order valence-corrected chi connectivity index (χ0v) is 14.8. The van der Waals surface area contributed by atoms with Gasteiger partial charge in [-0.15, -0.1) is 0 Å². The number of hydrogen-bond donors (Lipinski definition) is 2.